The van der Waals surface area contributed by atoms with Gasteiger partial charge >= 0.3 is 0 Å². The van der Waals surface area contributed by atoms with Gasteiger partial charge in [-0.3, -0.25) is 0 Å². The molecule has 0 saturated heterocycles. The number of rotatable bonds is 0. The summed E-state index contributed by atoms with van der Waals surface area (Å²) in [5.41, 5.74) is 0. The first-order chi connectivity index (χ1) is 6.77. The molecule has 2 fully saturated rings. The Morgan fingerprint density at radius 3 is 2.20 bits per heavy atom. The molecular formula is C15H32. The average Bonchev–Trinajstić information content (AvgIpc) is 2.22. The summed E-state index contributed by atoms with van der Waals surface area (Å²) < 4.78 is 0. The van der Waals surface area contributed by atoms with Crippen molar-refractivity contribution in [2.24, 2.45) is 23.7 Å². The molecule has 0 N–H and O–H groups in total. The first-order valence-electron chi connectivity index (χ1n) is 6.77. The number of hydrogen-bond acceptors (Lipinski definition) is 0. The highest BCUT2D eigenvalue weighted by atomic mass is 14.4. The zero-order valence-corrected chi connectivity index (χ0v) is 10.6. The van der Waals surface area contributed by atoms with Gasteiger partial charge in [0.25, 0.3) is 0 Å². The molecule has 0 aromatic carbocycles. The van der Waals surface area contributed by atoms with Crippen LogP contribution in [-0.4, -0.2) is 0 Å². The highest BCUT2D eigenvalue weighted by Crippen LogP contribution is 2.45. The van der Waals surface area contributed by atoms with Crippen LogP contribution in [0.3, 0.4) is 0 Å². The minimum atomic E-state index is 0. The van der Waals surface area contributed by atoms with Crippen LogP contribution in [-0.2, 0) is 0 Å². The quantitative estimate of drug-likeness (QED) is 0.496. The van der Waals surface area contributed by atoms with E-state index in [0.717, 1.165) is 23.7 Å². The Morgan fingerprint density at radius 2 is 1.53 bits per heavy atom. The molecular weight excluding hydrogens is 180 g/mol. The zero-order valence-electron chi connectivity index (χ0n) is 10.6. The third kappa shape index (κ3) is 3.81. The van der Waals surface area contributed by atoms with Crippen molar-refractivity contribution in [3.05, 3.63) is 0 Å². The Kier molecular flexibility index (Phi) is 7.30. The van der Waals surface area contributed by atoms with E-state index in [4.69, 9.17) is 0 Å². The number of fused-ring (bicyclic) bond motifs is 1. The SMILES string of the molecule is C.CC.CC1CCC2CCCC(C)C2C1. The highest BCUT2D eigenvalue weighted by Gasteiger charge is 2.34. The number of hydrogen-bond donors (Lipinski definition) is 0. The van der Waals surface area contributed by atoms with E-state index < -0.39 is 0 Å². The minimum absolute atomic E-state index is 0. The molecule has 4 unspecified atom stereocenters. The van der Waals surface area contributed by atoms with Crippen molar-refractivity contribution in [1.82, 2.24) is 0 Å². The Bertz CT molecular complexity index is 150. The van der Waals surface area contributed by atoms with Gasteiger partial charge in [-0.05, 0) is 36.5 Å². The van der Waals surface area contributed by atoms with Crippen molar-refractivity contribution >= 4 is 0 Å². The van der Waals surface area contributed by atoms with E-state index in [1.54, 1.807) is 6.42 Å². The van der Waals surface area contributed by atoms with Crippen molar-refractivity contribution in [2.75, 3.05) is 0 Å². The Morgan fingerprint density at radius 1 is 0.867 bits per heavy atom. The van der Waals surface area contributed by atoms with E-state index in [1.165, 1.54) is 32.1 Å². The Hall–Kier alpha value is 0. The second kappa shape index (κ2) is 7.30. The van der Waals surface area contributed by atoms with Gasteiger partial charge in [-0.2, -0.15) is 0 Å². The molecule has 0 amide bonds. The van der Waals surface area contributed by atoms with Crippen LogP contribution in [0.5, 0.6) is 0 Å². The second-order valence-corrected chi connectivity index (χ2v) is 5.25. The summed E-state index contributed by atoms with van der Waals surface area (Å²) in [6.45, 7) is 8.92. The van der Waals surface area contributed by atoms with Crippen LogP contribution in [0.1, 0.15) is 73.6 Å². The molecule has 0 aromatic rings. The van der Waals surface area contributed by atoms with Gasteiger partial charge in [0.2, 0.25) is 0 Å². The lowest BCUT2D eigenvalue weighted by Crippen LogP contribution is -2.32. The molecule has 2 aliphatic carbocycles. The molecule has 0 radical (unpaired) electrons. The van der Waals surface area contributed by atoms with Crippen LogP contribution in [0.2, 0.25) is 0 Å². The van der Waals surface area contributed by atoms with Gasteiger partial charge in [0, 0.05) is 0 Å². The van der Waals surface area contributed by atoms with Gasteiger partial charge in [-0.15, -0.1) is 0 Å². The molecule has 15 heavy (non-hydrogen) atoms. The Balaban J connectivity index is 0.000000617. The fourth-order valence-corrected chi connectivity index (χ4v) is 3.46. The van der Waals surface area contributed by atoms with E-state index in [-0.39, 0.29) is 7.43 Å². The summed E-state index contributed by atoms with van der Waals surface area (Å²) >= 11 is 0. The monoisotopic (exact) mass is 212 g/mol. The fraction of sp³-hybridized carbons (Fsp3) is 1.00. The largest absolute Gasteiger partial charge is 0.0776 e. The van der Waals surface area contributed by atoms with Gasteiger partial charge in [0.15, 0.2) is 0 Å². The summed E-state index contributed by atoms with van der Waals surface area (Å²) in [6.07, 6.45) is 9.14. The first-order valence-corrected chi connectivity index (χ1v) is 6.77. The maximum atomic E-state index is 2.48. The maximum absolute atomic E-state index is 2.48. The van der Waals surface area contributed by atoms with E-state index >= 15 is 0 Å². The van der Waals surface area contributed by atoms with Gasteiger partial charge in [-0.25, -0.2) is 0 Å². The van der Waals surface area contributed by atoms with E-state index in [0.29, 0.717) is 0 Å². The summed E-state index contributed by atoms with van der Waals surface area (Å²) in [7, 11) is 0. The molecule has 0 bridgehead atoms. The normalized spacial score (nSPS) is 39.2. The molecule has 0 heterocycles. The first kappa shape index (κ1) is 15.0. The van der Waals surface area contributed by atoms with Crippen LogP contribution in [0, 0.1) is 23.7 Å². The molecule has 92 valence electrons. The van der Waals surface area contributed by atoms with Crippen LogP contribution < -0.4 is 0 Å². The van der Waals surface area contributed by atoms with Crippen molar-refractivity contribution < 1.29 is 0 Å². The van der Waals surface area contributed by atoms with Gasteiger partial charge in [0.1, 0.15) is 0 Å². The van der Waals surface area contributed by atoms with Crippen molar-refractivity contribution in [3.63, 3.8) is 0 Å². The molecule has 2 rings (SSSR count). The third-order valence-electron chi connectivity index (χ3n) is 4.28. The summed E-state index contributed by atoms with van der Waals surface area (Å²) in [5.74, 6) is 4.27. The predicted molar refractivity (Wildman–Crippen MR) is 71.1 cm³/mol. The topological polar surface area (TPSA) is 0 Å². The van der Waals surface area contributed by atoms with Gasteiger partial charge in [0.05, 0.1) is 0 Å². The van der Waals surface area contributed by atoms with Gasteiger partial charge < -0.3 is 0 Å². The molecule has 0 heteroatoms. The van der Waals surface area contributed by atoms with Crippen LogP contribution >= 0.6 is 0 Å². The van der Waals surface area contributed by atoms with E-state index in [1.807, 2.05) is 13.8 Å². The molecule has 0 nitrogen and oxygen atoms in total. The lowest BCUT2D eigenvalue weighted by Gasteiger charge is -2.42. The van der Waals surface area contributed by atoms with E-state index in [2.05, 4.69) is 13.8 Å². The summed E-state index contributed by atoms with van der Waals surface area (Å²) in [6, 6.07) is 0. The smallest absolute Gasteiger partial charge is 0.0358 e. The van der Waals surface area contributed by atoms with Crippen molar-refractivity contribution in [3.8, 4) is 0 Å². The molecule has 0 spiro atoms. The molecule has 2 aliphatic rings. The lowest BCUT2D eigenvalue weighted by atomic mass is 9.64. The maximum Gasteiger partial charge on any atom is -0.0358 e. The van der Waals surface area contributed by atoms with Gasteiger partial charge in [-0.1, -0.05) is 60.8 Å². The predicted octanol–water partition coefficient (Wildman–Crippen LogP) is 5.52. The average molecular weight is 212 g/mol. The zero-order chi connectivity index (χ0) is 10.6. The fourth-order valence-electron chi connectivity index (χ4n) is 3.46. The van der Waals surface area contributed by atoms with Crippen LogP contribution in [0.25, 0.3) is 0 Å². The minimum Gasteiger partial charge on any atom is -0.0776 e. The second-order valence-electron chi connectivity index (χ2n) is 5.25. The van der Waals surface area contributed by atoms with Crippen LogP contribution in [0.15, 0.2) is 0 Å². The third-order valence-corrected chi connectivity index (χ3v) is 4.28. The molecule has 2 saturated carbocycles. The Labute approximate surface area is 97.8 Å². The molecule has 4 atom stereocenters. The van der Waals surface area contributed by atoms with E-state index in [9.17, 15) is 0 Å². The molecule has 0 aromatic heterocycles. The van der Waals surface area contributed by atoms with Crippen molar-refractivity contribution in [2.45, 2.75) is 73.6 Å². The summed E-state index contributed by atoms with van der Waals surface area (Å²) in [4.78, 5) is 0. The van der Waals surface area contributed by atoms with Crippen LogP contribution in [0.4, 0.5) is 0 Å². The highest BCUT2D eigenvalue weighted by molar-refractivity contribution is 4.85. The molecule has 0 aliphatic heterocycles. The van der Waals surface area contributed by atoms with Crippen molar-refractivity contribution in [1.29, 1.82) is 0 Å². The summed E-state index contributed by atoms with van der Waals surface area (Å²) in [5, 5.41) is 0. The standard InChI is InChI=1S/C12H22.C2H6.CH4/c1-9-6-7-11-5-3-4-10(2)12(11)8-9;1-2;/h9-12H,3-8H2,1-2H3;1-2H3;1H4. The lowest BCUT2D eigenvalue weighted by molar-refractivity contribution is 0.0880.